The largest absolute Gasteiger partial charge is 0.378 e. The van der Waals surface area contributed by atoms with Crippen molar-refractivity contribution in [1.82, 2.24) is 19.5 Å². The van der Waals surface area contributed by atoms with E-state index in [0.717, 1.165) is 11.4 Å². The van der Waals surface area contributed by atoms with Gasteiger partial charge in [-0.25, -0.2) is 9.97 Å². The molecule has 1 amide bonds. The number of nitrogens with one attached hydrogen (secondary N) is 1. The van der Waals surface area contributed by atoms with Crippen molar-refractivity contribution in [3.8, 4) is 11.8 Å². The number of nitrogens with zero attached hydrogens (tertiary/aromatic N) is 7. The lowest BCUT2D eigenvalue weighted by Gasteiger charge is -2.44. The molecule has 2 aliphatic heterocycles. The number of carbonyl (C=O) groups excluding carboxylic acids is 1. The average Bonchev–Trinajstić information content (AvgIpc) is 3.46. The molecule has 3 aromatic rings. The van der Waals surface area contributed by atoms with Gasteiger partial charge in [-0.15, -0.1) is 0 Å². The summed E-state index contributed by atoms with van der Waals surface area (Å²) in [5, 5.41) is 12.8. The van der Waals surface area contributed by atoms with Gasteiger partial charge in [0.15, 0.2) is 5.82 Å². The molecule has 0 radical (unpaired) electrons. The highest BCUT2D eigenvalue weighted by molar-refractivity contribution is 6.07. The van der Waals surface area contributed by atoms with Crippen LogP contribution in [-0.2, 0) is 9.53 Å². The highest BCUT2D eigenvalue weighted by atomic mass is 16.5. The summed E-state index contributed by atoms with van der Waals surface area (Å²) in [4.78, 5) is 29.8. The van der Waals surface area contributed by atoms with Crippen molar-refractivity contribution in [2.45, 2.75) is 18.9 Å². The molecular formula is C22H22N8O2. The van der Waals surface area contributed by atoms with Gasteiger partial charge in [-0.3, -0.25) is 4.79 Å². The van der Waals surface area contributed by atoms with E-state index in [-0.39, 0.29) is 5.91 Å². The molecule has 1 spiro atoms. The lowest BCUT2D eigenvalue weighted by molar-refractivity contribution is -0.123. The van der Waals surface area contributed by atoms with Crippen LogP contribution in [0.5, 0.6) is 0 Å². The molecule has 0 aliphatic carbocycles. The highest BCUT2D eigenvalue weighted by Crippen LogP contribution is 2.41. The van der Waals surface area contributed by atoms with Crippen molar-refractivity contribution in [2.24, 2.45) is 0 Å². The van der Waals surface area contributed by atoms with Gasteiger partial charge in [0.25, 0.3) is 5.91 Å². The summed E-state index contributed by atoms with van der Waals surface area (Å²) in [7, 11) is 3.60. The molecule has 1 N–H and O–H groups in total. The Balaban J connectivity index is 1.47. The highest BCUT2D eigenvalue weighted by Gasteiger charge is 2.52. The molecular weight excluding hydrogens is 408 g/mol. The molecule has 1 atom stereocenters. The molecule has 1 unspecified atom stereocenters. The number of ether oxygens (including phenoxy) is 1. The topological polar surface area (TPSA) is 112 Å². The first-order valence-corrected chi connectivity index (χ1v) is 10.2. The first-order chi connectivity index (χ1) is 15.4. The van der Waals surface area contributed by atoms with E-state index in [4.69, 9.17) is 4.74 Å². The van der Waals surface area contributed by atoms with Gasteiger partial charge in [0.05, 0.1) is 36.1 Å². The van der Waals surface area contributed by atoms with E-state index in [0.29, 0.717) is 48.3 Å². The van der Waals surface area contributed by atoms with Crippen LogP contribution in [0, 0.1) is 18.3 Å². The number of anilines is 4. The predicted octanol–water partition coefficient (Wildman–Crippen LogP) is 2.16. The Morgan fingerprint density at radius 3 is 2.78 bits per heavy atom. The summed E-state index contributed by atoms with van der Waals surface area (Å²) in [5.74, 6) is 1.02. The van der Waals surface area contributed by atoms with Gasteiger partial charge >= 0.3 is 0 Å². The minimum Gasteiger partial charge on any atom is -0.378 e. The third-order valence-corrected chi connectivity index (χ3v) is 6.14. The second-order valence-electron chi connectivity index (χ2n) is 8.05. The maximum Gasteiger partial charge on any atom is 0.255 e. The van der Waals surface area contributed by atoms with Gasteiger partial charge < -0.3 is 24.4 Å². The van der Waals surface area contributed by atoms with Crippen LogP contribution in [0.15, 0.2) is 36.9 Å². The number of nitriles is 1. The molecule has 2 aromatic heterocycles. The molecule has 0 bridgehead atoms. The average molecular weight is 430 g/mol. The second kappa shape index (κ2) is 7.32. The number of imidazole rings is 1. The van der Waals surface area contributed by atoms with Crippen molar-refractivity contribution >= 4 is 29.0 Å². The standard InChI is InChI=1S/C22H22N8O2/c1-14-11-30(13-25-14)17-5-4-16(8-15(17)9-23)26-21-24-10-18-19(27-21)29(3)22(6-7-32-12-22)20(31)28(18)2/h4-5,8,10-11,13H,6-7,12H2,1-3H3,(H,24,26,27). The van der Waals surface area contributed by atoms with E-state index in [2.05, 4.69) is 26.3 Å². The molecule has 4 heterocycles. The number of aryl methyl sites for hydroxylation is 1. The summed E-state index contributed by atoms with van der Waals surface area (Å²) >= 11 is 0. The van der Waals surface area contributed by atoms with Gasteiger partial charge in [0.1, 0.15) is 17.3 Å². The van der Waals surface area contributed by atoms with Crippen LogP contribution in [0.25, 0.3) is 5.69 Å². The third kappa shape index (κ3) is 2.98. The molecule has 1 aromatic carbocycles. The van der Waals surface area contributed by atoms with Gasteiger partial charge in [-0.05, 0) is 25.1 Å². The summed E-state index contributed by atoms with van der Waals surface area (Å²) < 4.78 is 7.37. The monoisotopic (exact) mass is 430 g/mol. The van der Waals surface area contributed by atoms with Crippen molar-refractivity contribution in [3.63, 3.8) is 0 Å². The Hall–Kier alpha value is -3.97. The van der Waals surface area contributed by atoms with E-state index in [1.807, 2.05) is 41.8 Å². The second-order valence-corrected chi connectivity index (χ2v) is 8.05. The predicted molar refractivity (Wildman–Crippen MR) is 118 cm³/mol. The molecule has 1 saturated heterocycles. The number of hydrogen-bond acceptors (Lipinski definition) is 8. The molecule has 2 aliphatic rings. The first-order valence-electron chi connectivity index (χ1n) is 10.2. The minimum atomic E-state index is -0.744. The van der Waals surface area contributed by atoms with Gasteiger partial charge in [0.2, 0.25) is 5.95 Å². The molecule has 10 heteroatoms. The Morgan fingerprint density at radius 2 is 2.09 bits per heavy atom. The normalized spacial score (nSPS) is 19.9. The zero-order chi connectivity index (χ0) is 22.5. The SMILES string of the molecule is Cc1cn(-c2ccc(Nc3ncc4c(n3)N(C)C3(CCOC3)C(=O)N4C)cc2C#N)cn1. The van der Waals surface area contributed by atoms with Crippen LogP contribution in [-0.4, -0.2) is 58.3 Å². The maximum absolute atomic E-state index is 13.0. The molecule has 0 saturated carbocycles. The van der Waals surface area contributed by atoms with E-state index in [1.165, 1.54) is 0 Å². The van der Waals surface area contributed by atoms with Gasteiger partial charge in [0, 0.05) is 39.0 Å². The fourth-order valence-electron chi connectivity index (χ4n) is 4.28. The maximum atomic E-state index is 13.0. The minimum absolute atomic E-state index is 0.0155. The number of hydrogen-bond donors (Lipinski definition) is 1. The summed E-state index contributed by atoms with van der Waals surface area (Å²) in [6, 6.07) is 7.70. The van der Waals surface area contributed by atoms with Crippen molar-refractivity contribution in [3.05, 3.63) is 48.2 Å². The molecule has 10 nitrogen and oxygen atoms in total. The van der Waals surface area contributed by atoms with E-state index in [9.17, 15) is 10.1 Å². The Labute approximate surface area is 185 Å². The number of carbonyl (C=O) groups is 1. The molecule has 32 heavy (non-hydrogen) atoms. The summed E-state index contributed by atoms with van der Waals surface area (Å²) in [6.45, 7) is 2.77. The van der Waals surface area contributed by atoms with Crippen LogP contribution in [0.3, 0.4) is 0 Å². The fourth-order valence-corrected chi connectivity index (χ4v) is 4.28. The first kappa shape index (κ1) is 20.0. The molecule has 1 fully saturated rings. The Bertz CT molecular complexity index is 1260. The van der Waals surface area contributed by atoms with E-state index < -0.39 is 5.54 Å². The zero-order valence-electron chi connectivity index (χ0n) is 18.0. The van der Waals surface area contributed by atoms with Crippen LogP contribution >= 0.6 is 0 Å². The Kier molecular flexibility index (Phi) is 4.56. The van der Waals surface area contributed by atoms with Crippen molar-refractivity contribution in [1.29, 1.82) is 5.26 Å². The van der Waals surface area contributed by atoms with Crippen LogP contribution in [0.2, 0.25) is 0 Å². The van der Waals surface area contributed by atoms with Crippen molar-refractivity contribution < 1.29 is 9.53 Å². The number of rotatable bonds is 3. The lowest BCUT2D eigenvalue weighted by atomic mass is 9.92. The quantitative estimate of drug-likeness (QED) is 0.673. The number of benzene rings is 1. The zero-order valence-corrected chi connectivity index (χ0v) is 18.0. The molecule has 162 valence electrons. The fraction of sp³-hybridized carbons (Fsp3) is 0.318. The number of amides is 1. The van der Waals surface area contributed by atoms with Crippen LogP contribution in [0.4, 0.5) is 23.1 Å². The van der Waals surface area contributed by atoms with E-state index in [1.54, 1.807) is 30.5 Å². The summed E-state index contributed by atoms with van der Waals surface area (Å²) in [5.41, 5.74) is 2.69. The number of fused-ring (bicyclic) bond motifs is 1. The van der Waals surface area contributed by atoms with Crippen LogP contribution < -0.4 is 15.1 Å². The Morgan fingerprint density at radius 1 is 1.25 bits per heavy atom. The smallest absolute Gasteiger partial charge is 0.255 e. The van der Waals surface area contributed by atoms with Gasteiger partial charge in [-0.1, -0.05) is 0 Å². The lowest BCUT2D eigenvalue weighted by Crippen LogP contribution is -2.62. The van der Waals surface area contributed by atoms with E-state index >= 15 is 0 Å². The number of aromatic nitrogens is 4. The van der Waals surface area contributed by atoms with Gasteiger partial charge in [-0.2, -0.15) is 10.2 Å². The van der Waals surface area contributed by atoms with Crippen molar-refractivity contribution in [2.75, 3.05) is 42.4 Å². The number of likely N-dealkylation sites (N-methyl/N-ethyl adjacent to an activating group) is 2. The summed E-state index contributed by atoms with van der Waals surface area (Å²) in [6.07, 6.45) is 5.79. The third-order valence-electron chi connectivity index (χ3n) is 6.14. The van der Waals surface area contributed by atoms with Crippen LogP contribution in [0.1, 0.15) is 17.7 Å². The molecule has 5 rings (SSSR count).